The van der Waals surface area contributed by atoms with Crippen LogP contribution in [0.5, 0.6) is 5.75 Å². The fourth-order valence-corrected chi connectivity index (χ4v) is 5.80. The van der Waals surface area contributed by atoms with E-state index in [1.807, 2.05) is 0 Å². The van der Waals surface area contributed by atoms with Crippen molar-refractivity contribution in [3.8, 4) is 5.75 Å². The zero-order chi connectivity index (χ0) is 15.9. The van der Waals surface area contributed by atoms with Crippen molar-refractivity contribution in [3.05, 3.63) is 29.6 Å². The Morgan fingerprint density at radius 2 is 1.91 bits per heavy atom. The Labute approximate surface area is 128 Å². The van der Waals surface area contributed by atoms with Crippen LogP contribution >= 0.6 is 0 Å². The highest BCUT2D eigenvalue weighted by Crippen LogP contribution is 2.47. The van der Waals surface area contributed by atoms with Gasteiger partial charge in [-0.3, -0.25) is 4.21 Å². The Morgan fingerprint density at radius 1 is 1.27 bits per heavy atom. The van der Waals surface area contributed by atoms with Gasteiger partial charge in [-0.25, -0.2) is 4.39 Å². The molecule has 1 aromatic carbocycles. The molecule has 2 unspecified atom stereocenters. The number of rotatable bonds is 3. The van der Waals surface area contributed by atoms with Crippen molar-refractivity contribution in [1.29, 1.82) is 0 Å². The largest absolute Gasteiger partial charge is 0.434 e. The summed E-state index contributed by atoms with van der Waals surface area (Å²) in [7, 11) is -1.00. The summed E-state index contributed by atoms with van der Waals surface area (Å²) in [6.07, 6.45) is 2.90. The summed E-state index contributed by atoms with van der Waals surface area (Å²) in [5.74, 6) is -1.05. The quantitative estimate of drug-likeness (QED) is 0.924. The van der Waals surface area contributed by atoms with Gasteiger partial charge in [-0.2, -0.15) is 8.78 Å². The summed E-state index contributed by atoms with van der Waals surface area (Å²) in [4.78, 5) is 0. The Balaban J connectivity index is 1.97. The Morgan fingerprint density at radius 3 is 2.50 bits per heavy atom. The third kappa shape index (κ3) is 2.88. The molecule has 3 nitrogen and oxygen atoms in total. The Kier molecular flexibility index (Phi) is 4.20. The first kappa shape index (κ1) is 15.8. The molecule has 0 radical (unpaired) electrons. The molecule has 2 bridgehead atoms. The van der Waals surface area contributed by atoms with Gasteiger partial charge in [0.25, 0.3) is 0 Å². The Hall–Kier alpha value is -1.08. The SMILES string of the molecule is O=S1C2CCCC1CC(O)(c1ccc(F)cc1OC(F)F)C2. The van der Waals surface area contributed by atoms with E-state index in [4.69, 9.17) is 0 Å². The molecular formula is C15H17F3O3S. The zero-order valence-corrected chi connectivity index (χ0v) is 12.6. The molecule has 1 aromatic rings. The molecule has 0 spiro atoms. The summed E-state index contributed by atoms with van der Waals surface area (Å²) in [5, 5.41) is 10.7. The summed E-state index contributed by atoms with van der Waals surface area (Å²) in [6, 6.07) is 3.27. The maximum absolute atomic E-state index is 13.3. The number of alkyl halides is 2. The molecule has 2 aliphatic heterocycles. The van der Waals surface area contributed by atoms with E-state index in [1.54, 1.807) is 0 Å². The van der Waals surface area contributed by atoms with E-state index in [-0.39, 0.29) is 34.7 Å². The van der Waals surface area contributed by atoms with Crippen molar-refractivity contribution in [2.24, 2.45) is 0 Å². The molecule has 0 aromatic heterocycles. The predicted octanol–water partition coefficient (Wildman–Crippen LogP) is 3.08. The first-order valence-electron chi connectivity index (χ1n) is 7.26. The van der Waals surface area contributed by atoms with Crippen LogP contribution in [-0.4, -0.2) is 26.4 Å². The van der Waals surface area contributed by atoms with Gasteiger partial charge in [-0.05, 0) is 37.8 Å². The fraction of sp³-hybridized carbons (Fsp3) is 0.600. The lowest BCUT2D eigenvalue weighted by atomic mass is 9.80. The molecule has 0 saturated carbocycles. The minimum absolute atomic E-state index is 0.151. The lowest BCUT2D eigenvalue weighted by Crippen LogP contribution is -2.47. The van der Waals surface area contributed by atoms with Gasteiger partial charge in [0.2, 0.25) is 0 Å². The van der Waals surface area contributed by atoms with Crippen LogP contribution in [0, 0.1) is 5.82 Å². The molecule has 2 atom stereocenters. The van der Waals surface area contributed by atoms with Gasteiger partial charge in [-0.15, -0.1) is 0 Å². The first-order chi connectivity index (χ1) is 10.4. The van der Waals surface area contributed by atoms with E-state index >= 15 is 0 Å². The third-order valence-electron chi connectivity index (χ3n) is 4.50. The van der Waals surface area contributed by atoms with Crippen LogP contribution in [0.3, 0.4) is 0 Å². The minimum Gasteiger partial charge on any atom is -0.434 e. The third-order valence-corrected chi connectivity index (χ3v) is 6.62. The van der Waals surface area contributed by atoms with Crippen LogP contribution in [0.1, 0.15) is 37.7 Å². The van der Waals surface area contributed by atoms with Crippen molar-refractivity contribution in [2.45, 2.75) is 54.8 Å². The highest BCUT2D eigenvalue weighted by Gasteiger charge is 2.47. The molecule has 7 heteroatoms. The van der Waals surface area contributed by atoms with Crippen molar-refractivity contribution < 1.29 is 27.2 Å². The molecule has 0 amide bonds. The summed E-state index contributed by atoms with van der Waals surface area (Å²) >= 11 is 0. The summed E-state index contributed by atoms with van der Waals surface area (Å²) in [6.45, 7) is -3.10. The predicted molar refractivity (Wildman–Crippen MR) is 75.7 cm³/mol. The van der Waals surface area contributed by atoms with Crippen LogP contribution < -0.4 is 4.74 Å². The van der Waals surface area contributed by atoms with Crippen molar-refractivity contribution in [1.82, 2.24) is 0 Å². The molecule has 0 aliphatic carbocycles. The number of halogens is 3. The number of hydrogen-bond donors (Lipinski definition) is 1. The molecule has 2 saturated heterocycles. The summed E-state index contributed by atoms with van der Waals surface area (Å²) < 4.78 is 55.0. The molecule has 2 heterocycles. The van der Waals surface area contributed by atoms with Crippen LogP contribution in [0.25, 0.3) is 0 Å². The highest BCUT2D eigenvalue weighted by molar-refractivity contribution is 7.86. The molecule has 2 aliphatic rings. The molecule has 1 N–H and O–H groups in total. The van der Waals surface area contributed by atoms with Gasteiger partial charge in [0.05, 0.1) is 5.60 Å². The van der Waals surface area contributed by atoms with Gasteiger partial charge in [-0.1, -0.05) is 6.42 Å². The van der Waals surface area contributed by atoms with Gasteiger partial charge in [0, 0.05) is 32.9 Å². The second-order valence-electron chi connectivity index (χ2n) is 5.96. The fourth-order valence-electron chi connectivity index (χ4n) is 3.58. The Bertz CT molecular complexity index is 577. The number of aliphatic hydroxyl groups is 1. The van der Waals surface area contributed by atoms with E-state index in [2.05, 4.69) is 4.74 Å². The summed E-state index contributed by atoms with van der Waals surface area (Å²) in [5.41, 5.74) is -1.25. The number of fused-ring (bicyclic) bond motifs is 2. The van der Waals surface area contributed by atoms with Crippen molar-refractivity contribution in [2.75, 3.05) is 0 Å². The smallest absolute Gasteiger partial charge is 0.387 e. The second kappa shape index (κ2) is 5.85. The number of hydrogen-bond acceptors (Lipinski definition) is 3. The van der Waals surface area contributed by atoms with E-state index in [9.17, 15) is 22.5 Å². The van der Waals surface area contributed by atoms with Crippen molar-refractivity contribution >= 4 is 10.8 Å². The average Bonchev–Trinajstić information content (AvgIpc) is 2.40. The van der Waals surface area contributed by atoms with Crippen molar-refractivity contribution in [3.63, 3.8) is 0 Å². The lowest BCUT2D eigenvalue weighted by Gasteiger charge is -2.44. The molecule has 22 heavy (non-hydrogen) atoms. The monoisotopic (exact) mass is 334 g/mol. The normalized spacial score (nSPS) is 34.7. The van der Waals surface area contributed by atoms with E-state index in [0.717, 1.165) is 31.4 Å². The van der Waals surface area contributed by atoms with Gasteiger partial charge in [0.15, 0.2) is 0 Å². The van der Waals surface area contributed by atoms with E-state index in [0.29, 0.717) is 0 Å². The lowest BCUT2D eigenvalue weighted by molar-refractivity contribution is -0.0566. The van der Waals surface area contributed by atoms with E-state index in [1.165, 1.54) is 6.07 Å². The van der Waals surface area contributed by atoms with E-state index < -0.39 is 28.8 Å². The first-order valence-corrected chi connectivity index (χ1v) is 8.53. The topological polar surface area (TPSA) is 46.5 Å². The molecule has 2 fully saturated rings. The highest BCUT2D eigenvalue weighted by atomic mass is 32.2. The van der Waals surface area contributed by atoms with Crippen LogP contribution in [0.15, 0.2) is 18.2 Å². The maximum Gasteiger partial charge on any atom is 0.387 e. The van der Waals surface area contributed by atoms with Gasteiger partial charge in [0.1, 0.15) is 11.6 Å². The van der Waals surface area contributed by atoms with Crippen LogP contribution in [0.4, 0.5) is 13.2 Å². The minimum atomic E-state index is -3.10. The van der Waals surface area contributed by atoms with Crippen LogP contribution in [0.2, 0.25) is 0 Å². The number of ether oxygens (including phenoxy) is 1. The molecule has 122 valence electrons. The molecule has 3 rings (SSSR count). The van der Waals surface area contributed by atoms with Gasteiger partial charge >= 0.3 is 6.61 Å². The molecular weight excluding hydrogens is 317 g/mol. The standard InChI is InChI=1S/C15H17F3O3S/c16-9-4-5-12(13(6-9)21-14(17)18)15(19)7-10-2-1-3-11(8-15)22(10)20/h4-6,10-11,14,19H,1-3,7-8H2. The average molecular weight is 334 g/mol. The maximum atomic E-state index is 13.3. The zero-order valence-electron chi connectivity index (χ0n) is 11.8. The number of benzene rings is 1. The second-order valence-corrected chi connectivity index (χ2v) is 7.95. The van der Waals surface area contributed by atoms with Crippen LogP contribution in [-0.2, 0) is 16.4 Å². The van der Waals surface area contributed by atoms with Gasteiger partial charge < -0.3 is 9.84 Å².